The molecule has 0 N–H and O–H groups in total. The lowest BCUT2D eigenvalue weighted by Gasteiger charge is -2.11. The van der Waals surface area contributed by atoms with Crippen LogP contribution in [0.4, 0.5) is 0 Å². The highest BCUT2D eigenvalue weighted by molar-refractivity contribution is 9.10. The fourth-order valence-corrected chi connectivity index (χ4v) is 3.11. The molecule has 0 bridgehead atoms. The van der Waals surface area contributed by atoms with E-state index in [2.05, 4.69) is 31.5 Å². The average molecular weight is 366 g/mol. The Labute approximate surface area is 136 Å². The van der Waals surface area contributed by atoms with Crippen LogP contribution in [0.5, 0.6) is 5.75 Å². The van der Waals surface area contributed by atoms with Crippen LogP contribution in [-0.2, 0) is 6.42 Å². The summed E-state index contributed by atoms with van der Waals surface area (Å²) in [7, 11) is 1.66. The van der Waals surface area contributed by atoms with E-state index >= 15 is 0 Å². The van der Waals surface area contributed by atoms with Gasteiger partial charge in [0.2, 0.25) is 0 Å². The minimum Gasteiger partial charge on any atom is -0.496 e. The van der Waals surface area contributed by atoms with Crippen molar-refractivity contribution >= 4 is 38.6 Å². The van der Waals surface area contributed by atoms with Gasteiger partial charge in [0.25, 0.3) is 0 Å². The van der Waals surface area contributed by atoms with Crippen molar-refractivity contribution in [3.8, 4) is 11.4 Å². The second-order valence-corrected chi connectivity index (χ2v) is 5.84. The molecule has 3 nitrogen and oxygen atoms in total. The van der Waals surface area contributed by atoms with Gasteiger partial charge in [-0.3, -0.25) is 4.57 Å². The molecule has 3 rings (SSSR count). The Morgan fingerprint density at radius 1 is 1.24 bits per heavy atom. The molecule has 21 heavy (non-hydrogen) atoms. The Hall–Kier alpha value is -1.52. The molecule has 1 aromatic heterocycles. The molecule has 5 heteroatoms. The third-order valence-corrected chi connectivity index (χ3v) is 4.15. The maximum absolute atomic E-state index is 5.92. The highest BCUT2D eigenvalue weighted by atomic mass is 79.9. The first-order chi connectivity index (χ1) is 10.2. The van der Waals surface area contributed by atoms with E-state index in [1.165, 1.54) is 0 Å². The Morgan fingerprint density at radius 3 is 2.76 bits per heavy atom. The van der Waals surface area contributed by atoms with Crippen molar-refractivity contribution in [1.29, 1.82) is 0 Å². The van der Waals surface area contributed by atoms with Crippen LogP contribution in [0.15, 0.2) is 46.9 Å². The number of fused-ring (bicyclic) bond motifs is 1. The monoisotopic (exact) mass is 364 g/mol. The van der Waals surface area contributed by atoms with E-state index in [1.54, 1.807) is 7.11 Å². The molecule has 0 amide bonds. The van der Waals surface area contributed by atoms with Crippen molar-refractivity contribution < 1.29 is 4.74 Å². The summed E-state index contributed by atoms with van der Waals surface area (Å²) in [5.74, 6) is 2.31. The van der Waals surface area contributed by atoms with Crippen molar-refractivity contribution in [3.05, 3.63) is 52.8 Å². The number of aryl methyl sites for hydroxylation is 1. The summed E-state index contributed by atoms with van der Waals surface area (Å²) in [6, 6.07) is 14.1. The minimum atomic E-state index is 0.542. The molecule has 0 radical (unpaired) electrons. The molecule has 0 aliphatic rings. The molecule has 0 spiro atoms. The Bertz CT molecular complexity index is 785. The zero-order chi connectivity index (χ0) is 14.8. The summed E-state index contributed by atoms with van der Waals surface area (Å²) in [4.78, 5) is 4.68. The number of methoxy groups -OCH3 is 1. The number of alkyl halides is 1. The van der Waals surface area contributed by atoms with Gasteiger partial charge in [0, 0.05) is 18.0 Å². The molecule has 1 heterocycles. The number of hydrogen-bond donors (Lipinski definition) is 0. The number of imidazole rings is 1. The standard InChI is InChI=1S/C16H14BrClN2O/c1-21-15-7-6-11(10-12(15)17)20-14-5-3-2-4-13(14)19-16(20)8-9-18/h2-7,10H,8-9H2,1H3. The van der Waals surface area contributed by atoms with Crippen LogP contribution in [0, 0.1) is 0 Å². The second kappa shape index (κ2) is 6.08. The number of ether oxygens (including phenoxy) is 1. The number of rotatable bonds is 4. The van der Waals surface area contributed by atoms with Crippen LogP contribution >= 0.6 is 27.5 Å². The molecule has 0 fully saturated rings. The minimum absolute atomic E-state index is 0.542. The molecule has 0 aliphatic heterocycles. The average Bonchev–Trinajstić information content (AvgIpc) is 2.85. The lowest BCUT2D eigenvalue weighted by atomic mass is 10.2. The third kappa shape index (κ3) is 2.65. The summed E-state index contributed by atoms with van der Waals surface area (Å²) in [5.41, 5.74) is 3.09. The van der Waals surface area contributed by atoms with Gasteiger partial charge in [0.15, 0.2) is 0 Å². The van der Waals surface area contributed by atoms with Gasteiger partial charge in [-0.15, -0.1) is 11.6 Å². The fourth-order valence-electron chi connectivity index (χ4n) is 2.41. The van der Waals surface area contributed by atoms with E-state index in [0.717, 1.165) is 39.2 Å². The molecule has 0 unspecified atom stereocenters. The molecule has 0 atom stereocenters. The van der Waals surface area contributed by atoms with E-state index in [1.807, 2.05) is 36.4 Å². The summed E-state index contributed by atoms with van der Waals surface area (Å²) in [5, 5.41) is 0. The van der Waals surface area contributed by atoms with Gasteiger partial charge in [0.1, 0.15) is 11.6 Å². The van der Waals surface area contributed by atoms with Crippen molar-refractivity contribution in [2.75, 3.05) is 13.0 Å². The summed E-state index contributed by atoms with van der Waals surface area (Å²) >= 11 is 9.46. The highest BCUT2D eigenvalue weighted by Gasteiger charge is 2.13. The second-order valence-electron chi connectivity index (χ2n) is 4.61. The van der Waals surface area contributed by atoms with Crippen LogP contribution in [-0.4, -0.2) is 22.5 Å². The van der Waals surface area contributed by atoms with Gasteiger partial charge < -0.3 is 4.74 Å². The normalized spacial score (nSPS) is 11.0. The molecule has 2 aromatic carbocycles. The zero-order valence-electron chi connectivity index (χ0n) is 11.5. The third-order valence-electron chi connectivity index (χ3n) is 3.34. The topological polar surface area (TPSA) is 27.1 Å². The van der Waals surface area contributed by atoms with Crippen molar-refractivity contribution in [2.45, 2.75) is 6.42 Å². The maximum atomic E-state index is 5.92. The molecule has 0 saturated carbocycles. The Balaban J connectivity index is 2.22. The van der Waals surface area contributed by atoms with E-state index in [0.29, 0.717) is 5.88 Å². The van der Waals surface area contributed by atoms with Gasteiger partial charge >= 0.3 is 0 Å². The highest BCUT2D eigenvalue weighted by Crippen LogP contribution is 2.29. The first-order valence-electron chi connectivity index (χ1n) is 6.61. The largest absolute Gasteiger partial charge is 0.496 e. The predicted molar refractivity (Wildman–Crippen MR) is 89.7 cm³/mol. The van der Waals surface area contributed by atoms with Gasteiger partial charge in [0.05, 0.1) is 22.6 Å². The van der Waals surface area contributed by atoms with Crippen molar-refractivity contribution in [2.24, 2.45) is 0 Å². The maximum Gasteiger partial charge on any atom is 0.133 e. The lowest BCUT2D eigenvalue weighted by molar-refractivity contribution is 0.412. The van der Waals surface area contributed by atoms with Crippen molar-refractivity contribution in [3.63, 3.8) is 0 Å². The molecular weight excluding hydrogens is 352 g/mol. The van der Waals surface area contributed by atoms with E-state index in [9.17, 15) is 0 Å². The van der Waals surface area contributed by atoms with Crippen LogP contribution in [0.25, 0.3) is 16.7 Å². The number of hydrogen-bond acceptors (Lipinski definition) is 2. The first kappa shape index (κ1) is 14.4. The van der Waals surface area contributed by atoms with Crippen LogP contribution in [0.1, 0.15) is 5.82 Å². The van der Waals surface area contributed by atoms with Crippen LogP contribution < -0.4 is 4.74 Å². The quantitative estimate of drug-likeness (QED) is 0.633. The molecular formula is C16H14BrClN2O. The number of halogens is 2. The van der Waals surface area contributed by atoms with Gasteiger partial charge in [-0.05, 0) is 46.3 Å². The zero-order valence-corrected chi connectivity index (χ0v) is 13.9. The smallest absolute Gasteiger partial charge is 0.133 e. The van der Waals surface area contributed by atoms with E-state index in [4.69, 9.17) is 16.3 Å². The van der Waals surface area contributed by atoms with Crippen LogP contribution in [0.3, 0.4) is 0 Å². The summed E-state index contributed by atoms with van der Waals surface area (Å²) < 4.78 is 8.34. The number of nitrogens with zero attached hydrogens (tertiary/aromatic N) is 2. The molecule has 108 valence electrons. The Kier molecular flexibility index (Phi) is 4.17. The summed E-state index contributed by atoms with van der Waals surface area (Å²) in [6.07, 6.45) is 0.722. The van der Waals surface area contributed by atoms with Gasteiger partial charge in [-0.1, -0.05) is 12.1 Å². The molecule has 3 aromatic rings. The predicted octanol–water partition coefficient (Wildman–Crippen LogP) is 4.58. The van der Waals surface area contributed by atoms with Gasteiger partial charge in [-0.2, -0.15) is 0 Å². The molecule has 0 aliphatic carbocycles. The van der Waals surface area contributed by atoms with Gasteiger partial charge in [-0.25, -0.2) is 4.98 Å². The number of benzene rings is 2. The SMILES string of the molecule is COc1ccc(-n2c(CCCl)nc3ccccc32)cc1Br. The number of para-hydroxylation sites is 2. The van der Waals surface area contributed by atoms with Crippen LogP contribution in [0.2, 0.25) is 0 Å². The van der Waals surface area contributed by atoms with E-state index in [-0.39, 0.29) is 0 Å². The lowest BCUT2D eigenvalue weighted by Crippen LogP contribution is -2.02. The number of aromatic nitrogens is 2. The van der Waals surface area contributed by atoms with Crippen molar-refractivity contribution in [1.82, 2.24) is 9.55 Å². The first-order valence-corrected chi connectivity index (χ1v) is 7.93. The molecule has 0 saturated heterocycles. The Morgan fingerprint density at radius 2 is 2.05 bits per heavy atom. The fraction of sp³-hybridized carbons (Fsp3) is 0.188. The van der Waals surface area contributed by atoms with E-state index < -0.39 is 0 Å². The summed E-state index contributed by atoms with van der Waals surface area (Å²) in [6.45, 7) is 0.